The topological polar surface area (TPSA) is 88.1 Å². The Morgan fingerprint density at radius 1 is 1.02 bits per heavy atom. The van der Waals surface area contributed by atoms with Crippen molar-refractivity contribution >= 4 is 22.8 Å². The summed E-state index contributed by atoms with van der Waals surface area (Å²) in [5.41, 5.74) is 1.53. The van der Waals surface area contributed by atoms with Crippen molar-refractivity contribution in [1.82, 2.24) is 10.2 Å². The van der Waals surface area contributed by atoms with Gasteiger partial charge in [-0.25, -0.2) is 14.0 Å². The number of hydrogen-bond acceptors (Lipinski definition) is 4. The smallest absolute Gasteiger partial charge is 0.348 e. The van der Waals surface area contributed by atoms with Gasteiger partial charge >= 0.3 is 12.0 Å². The zero-order valence-electron chi connectivity index (χ0n) is 23.1. The van der Waals surface area contributed by atoms with Gasteiger partial charge in [0, 0.05) is 25.9 Å². The van der Waals surface area contributed by atoms with Crippen molar-refractivity contribution < 1.29 is 28.6 Å². The van der Waals surface area contributed by atoms with Gasteiger partial charge in [0.15, 0.2) is 0 Å². The molecule has 2 amide bonds. The van der Waals surface area contributed by atoms with E-state index < -0.39 is 17.4 Å². The second-order valence-electron chi connectivity index (χ2n) is 10.7. The number of ether oxygens (including phenoxy) is 2. The molecule has 0 radical (unpaired) electrons. The number of carbonyl (C=O) groups excluding carboxylic acids is 1. The average molecular weight is 557 g/mol. The molecule has 1 fully saturated rings. The Kier molecular flexibility index (Phi) is 8.10. The minimum absolute atomic E-state index is 0.0116. The van der Waals surface area contributed by atoms with Crippen LogP contribution in [-0.4, -0.2) is 46.8 Å². The highest BCUT2D eigenvalue weighted by Crippen LogP contribution is 2.25. The number of aliphatic carboxylic acids is 1. The zero-order chi connectivity index (χ0) is 29.0. The average Bonchev–Trinajstić information content (AvgIpc) is 3.29. The van der Waals surface area contributed by atoms with Crippen LogP contribution in [0.25, 0.3) is 10.8 Å². The van der Waals surface area contributed by atoms with Crippen LogP contribution in [0.3, 0.4) is 0 Å². The van der Waals surface area contributed by atoms with Gasteiger partial charge in [0.05, 0.1) is 12.6 Å². The molecule has 2 N–H and O–H groups in total. The van der Waals surface area contributed by atoms with E-state index in [0.29, 0.717) is 31.9 Å². The summed E-state index contributed by atoms with van der Waals surface area (Å²) in [5.74, 6) is -0.612. The van der Waals surface area contributed by atoms with Crippen molar-refractivity contribution in [2.75, 3.05) is 13.2 Å². The number of carboxylic acid groups (broad SMARTS) is 1. The second-order valence-corrected chi connectivity index (χ2v) is 10.7. The van der Waals surface area contributed by atoms with E-state index in [1.165, 1.54) is 36.6 Å². The number of benzene rings is 4. The van der Waals surface area contributed by atoms with Crippen LogP contribution < -0.4 is 14.8 Å². The van der Waals surface area contributed by atoms with Crippen molar-refractivity contribution in [2.45, 2.75) is 44.9 Å². The van der Waals surface area contributed by atoms with Gasteiger partial charge in [0.1, 0.15) is 17.3 Å². The molecule has 0 aromatic heterocycles. The molecular formula is C33H33FN2O5. The molecule has 1 aliphatic rings. The number of hydrogen-bond donors (Lipinski definition) is 2. The number of carboxylic acids is 1. The standard InChI is InChI=1S/C33H33FN2O5/c1-22-17-24-5-3-4-6-25(24)18-26(22)20-36-21-28(35-32(36)39)15-16-40-29-11-7-23(8-12-29)19-33(2,31(37)38)41-30-13-9-27(34)10-14-30/h3-14,17-18,28H,15-16,19-21H2,1-2H3,(H,35,39)(H,37,38). The Labute approximate surface area is 238 Å². The molecule has 0 saturated carbocycles. The third-order valence-electron chi connectivity index (χ3n) is 7.43. The molecule has 1 saturated heterocycles. The van der Waals surface area contributed by atoms with E-state index in [0.717, 1.165) is 22.1 Å². The Balaban J connectivity index is 1.12. The molecule has 1 aliphatic heterocycles. The summed E-state index contributed by atoms with van der Waals surface area (Å²) in [7, 11) is 0. The van der Waals surface area contributed by atoms with Crippen LogP contribution in [-0.2, 0) is 17.8 Å². The van der Waals surface area contributed by atoms with Crippen molar-refractivity contribution in [3.05, 3.63) is 107 Å². The predicted molar refractivity (Wildman–Crippen MR) is 155 cm³/mol. The Morgan fingerprint density at radius 3 is 2.37 bits per heavy atom. The van der Waals surface area contributed by atoms with Crippen molar-refractivity contribution in [3.63, 3.8) is 0 Å². The molecule has 212 valence electrons. The number of amides is 2. The van der Waals surface area contributed by atoms with E-state index in [2.05, 4.69) is 36.5 Å². The van der Waals surface area contributed by atoms with E-state index in [1.807, 2.05) is 17.0 Å². The van der Waals surface area contributed by atoms with Crippen LogP contribution in [0.1, 0.15) is 30.0 Å². The summed E-state index contributed by atoms with van der Waals surface area (Å²) in [6.45, 7) is 5.15. The first-order valence-corrected chi connectivity index (χ1v) is 13.6. The summed E-state index contributed by atoms with van der Waals surface area (Å²) in [6, 6.07) is 24.9. The quantitative estimate of drug-likeness (QED) is 0.233. The Hall–Kier alpha value is -4.59. The lowest BCUT2D eigenvalue weighted by atomic mass is 9.96. The van der Waals surface area contributed by atoms with Crippen LogP contribution >= 0.6 is 0 Å². The monoisotopic (exact) mass is 556 g/mol. The summed E-state index contributed by atoms with van der Waals surface area (Å²) >= 11 is 0. The van der Waals surface area contributed by atoms with Crippen LogP contribution in [0.15, 0.2) is 84.9 Å². The predicted octanol–water partition coefficient (Wildman–Crippen LogP) is 6.12. The fourth-order valence-electron chi connectivity index (χ4n) is 5.07. The number of urea groups is 1. The zero-order valence-corrected chi connectivity index (χ0v) is 23.1. The highest BCUT2D eigenvalue weighted by Gasteiger charge is 2.36. The molecule has 8 heteroatoms. The Bertz CT molecular complexity index is 1540. The normalized spacial score (nSPS) is 16.3. The van der Waals surface area contributed by atoms with Crippen LogP contribution in [0, 0.1) is 12.7 Å². The first kappa shape index (κ1) is 28.0. The van der Waals surface area contributed by atoms with Gasteiger partial charge in [0.25, 0.3) is 0 Å². The molecule has 0 aliphatic carbocycles. The number of halogens is 1. The van der Waals surface area contributed by atoms with Crippen molar-refractivity contribution in [3.8, 4) is 11.5 Å². The van der Waals surface area contributed by atoms with Gasteiger partial charge in [-0.3, -0.25) is 0 Å². The maximum absolute atomic E-state index is 13.2. The highest BCUT2D eigenvalue weighted by atomic mass is 19.1. The van der Waals surface area contributed by atoms with E-state index in [9.17, 15) is 19.1 Å². The van der Waals surface area contributed by atoms with Crippen molar-refractivity contribution in [2.24, 2.45) is 0 Å². The lowest BCUT2D eigenvalue weighted by Gasteiger charge is -2.26. The molecule has 2 unspecified atom stereocenters. The van der Waals surface area contributed by atoms with E-state index in [-0.39, 0.29) is 24.2 Å². The van der Waals surface area contributed by atoms with Gasteiger partial charge in [-0.15, -0.1) is 0 Å². The summed E-state index contributed by atoms with van der Waals surface area (Å²) < 4.78 is 24.8. The Morgan fingerprint density at radius 2 is 1.68 bits per heavy atom. The highest BCUT2D eigenvalue weighted by molar-refractivity contribution is 5.84. The first-order valence-electron chi connectivity index (χ1n) is 13.6. The van der Waals surface area contributed by atoms with E-state index in [4.69, 9.17) is 9.47 Å². The molecule has 4 aromatic carbocycles. The number of fused-ring (bicyclic) bond motifs is 1. The van der Waals surface area contributed by atoms with E-state index in [1.54, 1.807) is 24.3 Å². The molecule has 0 bridgehead atoms. The third kappa shape index (κ3) is 6.77. The van der Waals surface area contributed by atoms with Gasteiger partial charge in [-0.05, 0) is 83.8 Å². The fraction of sp³-hybridized carbons (Fsp3) is 0.273. The summed E-state index contributed by atoms with van der Waals surface area (Å²) in [5, 5.41) is 15.2. The number of carbonyl (C=O) groups is 2. The third-order valence-corrected chi connectivity index (χ3v) is 7.43. The first-order chi connectivity index (χ1) is 19.7. The minimum Gasteiger partial charge on any atom is -0.494 e. The van der Waals surface area contributed by atoms with Gasteiger partial charge in [-0.1, -0.05) is 42.5 Å². The number of nitrogens with zero attached hydrogens (tertiary/aromatic N) is 1. The molecule has 0 spiro atoms. The summed E-state index contributed by atoms with van der Waals surface area (Å²) in [4.78, 5) is 26.5. The minimum atomic E-state index is -1.53. The maximum atomic E-state index is 13.2. The maximum Gasteiger partial charge on any atom is 0.348 e. The molecule has 5 rings (SSSR count). The second kappa shape index (κ2) is 11.9. The van der Waals surface area contributed by atoms with Gasteiger partial charge < -0.3 is 24.8 Å². The lowest BCUT2D eigenvalue weighted by Crippen LogP contribution is -2.43. The summed E-state index contributed by atoms with van der Waals surface area (Å²) in [6.07, 6.45) is 0.768. The number of aryl methyl sites for hydroxylation is 1. The largest absolute Gasteiger partial charge is 0.494 e. The number of rotatable bonds is 11. The molecule has 4 aromatic rings. The molecule has 2 atom stereocenters. The van der Waals surface area contributed by atoms with E-state index >= 15 is 0 Å². The lowest BCUT2D eigenvalue weighted by molar-refractivity contribution is -0.153. The molecule has 41 heavy (non-hydrogen) atoms. The van der Waals surface area contributed by atoms with Crippen LogP contribution in [0.4, 0.5) is 9.18 Å². The van der Waals surface area contributed by atoms with Crippen LogP contribution in [0.5, 0.6) is 11.5 Å². The SMILES string of the molecule is Cc1cc2ccccc2cc1CN1CC(CCOc2ccc(CC(C)(Oc3ccc(F)cc3)C(=O)O)cc2)NC1=O. The van der Waals surface area contributed by atoms with Crippen molar-refractivity contribution in [1.29, 1.82) is 0 Å². The van der Waals surface area contributed by atoms with Gasteiger partial charge in [0.2, 0.25) is 5.60 Å². The molecule has 7 nitrogen and oxygen atoms in total. The van der Waals surface area contributed by atoms with Gasteiger partial charge in [-0.2, -0.15) is 0 Å². The number of nitrogens with one attached hydrogen (secondary N) is 1. The molecular weight excluding hydrogens is 523 g/mol. The molecule has 1 heterocycles. The fourth-order valence-corrected chi connectivity index (χ4v) is 5.07. The van der Waals surface area contributed by atoms with Crippen LogP contribution in [0.2, 0.25) is 0 Å².